The van der Waals surface area contributed by atoms with Crippen LogP contribution < -0.4 is 59.1 Å². The summed E-state index contributed by atoms with van der Waals surface area (Å²) in [5.41, 5.74) is 0. The van der Waals surface area contributed by atoms with Crippen LogP contribution in [0.2, 0.25) is 0 Å². The first-order valence-corrected chi connectivity index (χ1v) is 0. The molecule has 16 valence electrons. The minimum absolute atomic E-state index is 0. The molecule has 0 aromatic rings. The fourth-order valence-electron chi connectivity index (χ4n) is 0. The Morgan fingerprint density at radius 3 is 0.500 bits per heavy atom. The van der Waals surface area contributed by atoms with E-state index in [0.29, 0.717) is 0 Å². The van der Waals surface area contributed by atoms with E-state index in [2.05, 4.69) is 0 Å². The molecule has 0 bridgehead atoms. The SMILES string of the molecule is [Na+].[Na+].[SH-].[SH-]. The third kappa shape index (κ3) is 8.83. The standard InChI is InChI=1S/2Na.2H2S/h;;2*1H2/q2*+1;;/p-2. The number of hydrogen-bond donors (Lipinski definition) is 0. The van der Waals surface area contributed by atoms with E-state index >= 15 is 0 Å². The Hall–Kier alpha value is 2.70. The van der Waals surface area contributed by atoms with Gasteiger partial charge in [-0.25, -0.2) is 0 Å². The van der Waals surface area contributed by atoms with Crippen molar-refractivity contribution in [1.82, 2.24) is 0 Å². The Kier molecular flexibility index (Phi) is 129. The van der Waals surface area contributed by atoms with Gasteiger partial charge in [0.15, 0.2) is 0 Å². The summed E-state index contributed by atoms with van der Waals surface area (Å²) in [6.07, 6.45) is 0. The molecule has 0 rings (SSSR count). The van der Waals surface area contributed by atoms with Gasteiger partial charge < -0.3 is 27.0 Å². The van der Waals surface area contributed by atoms with Gasteiger partial charge in [-0.3, -0.25) is 0 Å². The van der Waals surface area contributed by atoms with E-state index in [1.807, 2.05) is 0 Å². The summed E-state index contributed by atoms with van der Waals surface area (Å²) in [4.78, 5) is 0. The molecule has 0 radical (unpaired) electrons. The first-order valence-electron chi connectivity index (χ1n) is 0. The number of hydrogen-bond acceptors (Lipinski definition) is 2. The number of thiol groups is 2. The monoisotopic (exact) mass is 112 g/mol. The van der Waals surface area contributed by atoms with Crippen molar-refractivity contribution in [3.8, 4) is 0 Å². The first kappa shape index (κ1) is 29.9. The molecule has 0 aliphatic carbocycles. The molecule has 4 heavy (non-hydrogen) atoms. The third-order valence-electron chi connectivity index (χ3n) is 0. The zero-order valence-corrected chi connectivity index (χ0v) is 8.68. The van der Waals surface area contributed by atoms with Crippen LogP contribution in [0, 0.1) is 0 Å². The molecule has 0 unspecified atom stereocenters. The normalized spacial score (nSPS) is 0. The zero-order chi connectivity index (χ0) is 0. The maximum Gasteiger partial charge on any atom is 1.00 e. The molecule has 0 heterocycles. The van der Waals surface area contributed by atoms with E-state index in [1.54, 1.807) is 0 Å². The van der Waals surface area contributed by atoms with Crippen molar-refractivity contribution in [1.29, 1.82) is 0 Å². The molecule has 0 spiro atoms. The van der Waals surface area contributed by atoms with E-state index in [4.69, 9.17) is 0 Å². The van der Waals surface area contributed by atoms with Crippen molar-refractivity contribution < 1.29 is 59.1 Å². The summed E-state index contributed by atoms with van der Waals surface area (Å²) < 4.78 is 0. The molecule has 0 N–H and O–H groups in total. The fraction of sp³-hybridized carbons (Fsp3) is 0. The molecule has 0 nitrogen and oxygen atoms in total. The van der Waals surface area contributed by atoms with Crippen molar-refractivity contribution in [2.24, 2.45) is 0 Å². The maximum absolute atomic E-state index is 0. The van der Waals surface area contributed by atoms with Gasteiger partial charge in [0.2, 0.25) is 0 Å². The van der Waals surface area contributed by atoms with Gasteiger partial charge in [0.1, 0.15) is 0 Å². The summed E-state index contributed by atoms with van der Waals surface area (Å²) in [7, 11) is 0. The largest absolute Gasteiger partial charge is 1.00 e. The smallest absolute Gasteiger partial charge is 0.813 e. The summed E-state index contributed by atoms with van der Waals surface area (Å²) in [6.45, 7) is 0. The molecular formula is H2Na2S2. The Balaban J connectivity index is 0. The predicted molar refractivity (Wildman–Crippen MR) is 17.5 cm³/mol. The Morgan fingerprint density at radius 1 is 0.500 bits per heavy atom. The average molecular weight is 112 g/mol. The van der Waals surface area contributed by atoms with Gasteiger partial charge in [-0.2, -0.15) is 0 Å². The van der Waals surface area contributed by atoms with Gasteiger partial charge in [0, 0.05) is 0 Å². The Bertz CT molecular complexity index is 4.00. The van der Waals surface area contributed by atoms with Gasteiger partial charge in [-0.15, -0.1) is 0 Å². The van der Waals surface area contributed by atoms with Gasteiger partial charge in [-0.1, -0.05) is 0 Å². The second-order valence-corrected chi connectivity index (χ2v) is 0. The van der Waals surface area contributed by atoms with Crippen LogP contribution in [0.4, 0.5) is 0 Å². The van der Waals surface area contributed by atoms with E-state index in [1.165, 1.54) is 0 Å². The average Bonchev–Trinajstić information content (AvgIpc) is 0. The molecule has 0 atom stereocenters. The maximum atomic E-state index is 0. The van der Waals surface area contributed by atoms with Gasteiger partial charge in [-0.05, 0) is 0 Å². The summed E-state index contributed by atoms with van der Waals surface area (Å²) in [5, 5.41) is 0. The molecule has 0 aliphatic rings. The number of rotatable bonds is 0. The van der Waals surface area contributed by atoms with E-state index in [9.17, 15) is 0 Å². The van der Waals surface area contributed by atoms with Crippen LogP contribution in [0.1, 0.15) is 0 Å². The van der Waals surface area contributed by atoms with E-state index < -0.39 is 0 Å². The van der Waals surface area contributed by atoms with Crippen LogP contribution in [-0.4, -0.2) is 0 Å². The quantitative estimate of drug-likeness (QED) is 0.174. The molecular weight excluding hydrogens is 110 g/mol. The third-order valence-corrected chi connectivity index (χ3v) is 0. The summed E-state index contributed by atoms with van der Waals surface area (Å²) in [5.74, 6) is 0. The second kappa shape index (κ2) is 17.3. The van der Waals surface area contributed by atoms with Crippen LogP contribution in [0.3, 0.4) is 0 Å². The van der Waals surface area contributed by atoms with Crippen LogP contribution in [0.15, 0.2) is 0 Å². The van der Waals surface area contributed by atoms with Crippen LogP contribution >= 0.6 is 0 Å². The second-order valence-electron chi connectivity index (χ2n) is 0. The van der Waals surface area contributed by atoms with Crippen molar-refractivity contribution in [3.63, 3.8) is 0 Å². The fourth-order valence-corrected chi connectivity index (χ4v) is 0. The Morgan fingerprint density at radius 2 is 0.500 bits per heavy atom. The van der Waals surface area contributed by atoms with Crippen molar-refractivity contribution >= 4 is 27.0 Å². The van der Waals surface area contributed by atoms with Crippen LogP contribution in [0.25, 0.3) is 0 Å². The van der Waals surface area contributed by atoms with Crippen LogP contribution in [-0.2, 0) is 27.0 Å². The van der Waals surface area contributed by atoms with Crippen molar-refractivity contribution in [2.45, 2.75) is 0 Å². The Labute approximate surface area is 84.6 Å². The molecule has 4 heteroatoms. The predicted octanol–water partition coefficient (Wildman–Crippen LogP) is -6.53. The minimum Gasteiger partial charge on any atom is -0.813 e. The van der Waals surface area contributed by atoms with Crippen molar-refractivity contribution in [3.05, 3.63) is 0 Å². The minimum atomic E-state index is 0. The molecule has 0 saturated carbocycles. The summed E-state index contributed by atoms with van der Waals surface area (Å²) >= 11 is 0. The molecule has 0 aliphatic heterocycles. The van der Waals surface area contributed by atoms with Crippen LogP contribution in [0.5, 0.6) is 0 Å². The molecule has 0 aromatic heterocycles. The van der Waals surface area contributed by atoms with Crippen molar-refractivity contribution in [2.75, 3.05) is 0 Å². The van der Waals surface area contributed by atoms with E-state index in [-0.39, 0.29) is 86.1 Å². The van der Waals surface area contributed by atoms with E-state index in [0.717, 1.165) is 0 Å². The van der Waals surface area contributed by atoms with Gasteiger partial charge in [0.25, 0.3) is 0 Å². The first-order chi connectivity index (χ1) is 0. The molecule has 0 amide bonds. The topological polar surface area (TPSA) is 0 Å². The molecule has 0 fully saturated rings. The molecule has 0 saturated heterocycles. The zero-order valence-electron chi connectivity index (χ0n) is 2.89. The molecule has 0 aromatic carbocycles. The van der Waals surface area contributed by atoms with Gasteiger partial charge in [0.05, 0.1) is 0 Å². The summed E-state index contributed by atoms with van der Waals surface area (Å²) in [6, 6.07) is 0. The van der Waals surface area contributed by atoms with Gasteiger partial charge >= 0.3 is 59.1 Å².